The zero-order chi connectivity index (χ0) is 14.0. The van der Waals surface area contributed by atoms with Crippen molar-refractivity contribution in [1.29, 1.82) is 0 Å². The molecule has 0 bridgehead atoms. The summed E-state index contributed by atoms with van der Waals surface area (Å²) in [6.45, 7) is -1.62. The molecule has 0 saturated heterocycles. The molecule has 1 rings (SSSR count). The van der Waals surface area contributed by atoms with E-state index in [9.17, 15) is 21.6 Å². The first-order valence-electron chi connectivity index (χ1n) is 4.54. The van der Waals surface area contributed by atoms with Crippen molar-refractivity contribution in [2.45, 2.75) is 11.1 Å². The van der Waals surface area contributed by atoms with E-state index in [0.29, 0.717) is 0 Å². The SMILES string of the molecule is COc1cccc(OCC(F)(F)F)c1S(N)(=O)=O. The van der Waals surface area contributed by atoms with Crippen LogP contribution in [-0.4, -0.2) is 28.3 Å². The summed E-state index contributed by atoms with van der Waals surface area (Å²) < 4.78 is 67.8. The van der Waals surface area contributed by atoms with Gasteiger partial charge >= 0.3 is 6.18 Å². The highest BCUT2D eigenvalue weighted by Crippen LogP contribution is 2.32. The second kappa shape index (κ2) is 5.02. The zero-order valence-electron chi connectivity index (χ0n) is 9.19. The molecular formula is C9H10F3NO4S. The van der Waals surface area contributed by atoms with Crippen molar-refractivity contribution in [1.82, 2.24) is 0 Å². The lowest BCUT2D eigenvalue weighted by atomic mass is 10.3. The van der Waals surface area contributed by atoms with Crippen molar-refractivity contribution in [3.8, 4) is 11.5 Å². The third kappa shape index (κ3) is 3.77. The van der Waals surface area contributed by atoms with Gasteiger partial charge in [-0.3, -0.25) is 0 Å². The van der Waals surface area contributed by atoms with Gasteiger partial charge in [0.2, 0.25) is 10.0 Å². The fraction of sp³-hybridized carbons (Fsp3) is 0.333. The molecular weight excluding hydrogens is 275 g/mol. The maximum atomic E-state index is 12.0. The Morgan fingerprint density at radius 1 is 1.28 bits per heavy atom. The highest BCUT2D eigenvalue weighted by molar-refractivity contribution is 7.89. The van der Waals surface area contributed by atoms with E-state index in [2.05, 4.69) is 4.74 Å². The fourth-order valence-electron chi connectivity index (χ4n) is 1.21. The number of primary sulfonamides is 1. The number of hydrogen-bond acceptors (Lipinski definition) is 4. The van der Waals surface area contributed by atoms with E-state index in [1.54, 1.807) is 0 Å². The lowest BCUT2D eigenvalue weighted by Crippen LogP contribution is -2.21. The van der Waals surface area contributed by atoms with Crippen molar-refractivity contribution in [2.24, 2.45) is 5.14 Å². The molecule has 0 aliphatic carbocycles. The normalized spacial score (nSPS) is 12.3. The molecule has 1 aromatic rings. The summed E-state index contributed by atoms with van der Waals surface area (Å²) in [5, 5.41) is 4.90. The Kier molecular flexibility index (Phi) is 4.07. The third-order valence-electron chi connectivity index (χ3n) is 1.84. The van der Waals surface area contributed by atoms with E-state index < -0.39 is 33.5 Å². The summed E-state index contributed by atoms with van der Waals surface area (Å²) in [7, 11) is -3.10. The van der Waals surface area contributed by atoms with Gasteiger partial charge in [0.15, 0.2) is 11.5 Å². The lowest BCUT2D eigenvalue weighted by Gasteiger charge is -2.14. The first kappa shape index (κ1) is 14.6. The number of hydrogen-bond donors (Lipinski definition) is 1. The number of ether oxygens (including phenoxy) is 2. The first-order valence-corrected chi connectivity index (χ1v) is 6.09. The molecule has 0 spiro atoms. The molecule has 0 aliphatic heterocycles. The molecule has 2 N–H and O–H groups in total. The quantitative estimate of drug-likeness (QED) is 0.904. The highest BCUT2D eigenvalue weighted by Gasteiger charge is 2.30. The minimum Gasteiger partial charge on any atom is -0.495 e. The van der Waals surface area contributed by atoms with Crippen LogP contribution in [0, 0.1) is 0 Å². The number of benzene rings is 1. The topological polar surface area (TPSA) is 78.6 Å². The molecule has 0 aromatic heterocycles. The molecule has 0 saturated carbocycles. The number of sulfonamides is 1. The van der Waals surface area contributed by atoms with Gasteiger partial charge in [-0.15, -0.1) is 0 Å². The van der Waals surface area contributed by atoms with Crippen molar-refractivity contribution in [3.05, 3.63) is 18.2 Å². The maximum Gasteiger partial charge on any atom is 0.422 e. The fourth-order valence-corrected chi connectivity index (χ4v) is 2.05. The summed E-state index contributed by atoms with van der Waals surface area (Å²) in [5.41, 5.74) is 0. The predicted molar refractivity (Wildman–Crippen MR) is 55.9 cm³/mol. The van der Waals surface area contributed by atoms with Gasteiger partial charge in [-0.1, -0.05) is 6.07 Å². The summed E-state index contributed by atoms with van der Waals surface area (Å²) in [5.74, 6) is -0.689. The van der Waals surface area contributed by atoms with Crippen LogP contribution in [0.3, 0.4) is 0 Å². The van der Waals surface area contributed by atoms with Gasteiger partial charge in [0.25, 0.3) is 0 Å². The molecule has 0 radical (unpaired) electrons. The zero-order valence-corrected chi connectivity index (χ0v) is 10.0. The summed E-state index contributed by atoms with van der Waals surface area (Å²) in [6, 6.07) is 3.60. The minimum absolute atomic E-state index is 0.183. The Morgan fingerprint density at radius 2 is 1.83 bits per heavy atom. The molecule has 102 valence electrons. The molecule has 18 heavy (non-hydrogen) atoms. The summed E-state index contributed by atoms with van der Waals surface area (Å²) in [6.07, 6.45) is -4.58. The average molecular weight is 285 g/mol. The van der Waals surface area contributed by atoms with Gasteiger partial charge in [0.05, 0.1) is 7.11 Å². The minimum atomic E-state index is -4.58. The number of rotatable bonds is 4. The maximum absolute atomic E-state index is 12.0. The van der Waals surface area contributed by atoms with Crippen LogP contribution in [0.25, 0.3) is 0 Å². The molecule has 9 heteroatoms. The van der Waals surface area contributed by atoms with E-state index in [4.69, 9.17) is 9.88 Å². The van der Waals surface area contributed by atoms with Gasteiger partial charge in [0, 0.05) is 0 Å². The van der Waals surface area contributed by atoms with Gasteiger partial charge < -0.3 is 9.47 Å². The lowest BCUT2D eigenvalue weighted by molar-refractivity contribution is -0.153. The molecule has 0 heterocycles. The molecule has 0 aliphatic rings. The number of halogens is 3. The van der Waals surface area contributed by atoms with E-state index in [0.717, 1.165) is 13.2 Å². The van der Waals surface area contributed by atoms with E-state index in [-0.39, 0.29) is 5.75 Å². The Morgan fingerprint density at radius 3 is 2.28 bits per heavy atom. The number of nitrogens with two attached hydrogens (primary N) is 1. The van der Waals surface area contributed by atoms with Crippen LogP contribution in [-0.2, 0) is 10.0 Å². The van der Waals surface area contributed by atoms with Gasteiger partial charge in [-0.25, -0.2) is 13.6 Å². The van der Waals surface area contributed by atoms with Crippen LogP contribution in [0.2, 0.25) is 0 Å². The van der Waals surface area contributed by atoms with Crippen LogP contribution in [0.15, 0.2) is 23.1 Å². The van der Waals surface area contributed by atoms with Gasteiger partial charge in [0.1, 0.15) is 11.5 Å². The van der Waals surface area contributed by atoms with Crippen molar-refractivity contribution in [2.75, 3.05) is 13.7 Å². The Bertz CT molecular complexity index is 527. The molecule has 0 amide bonds. The van der Waals surface area contributed by atoms with Crippen molar-refractivity contribution in [3.63, 3.8) is 0 Å². The summed E-state index contributed by atoms with van der Waals surface area (Å²) >= 11 is 0. The second-order valence-corrected chi connectivity index (χ2v) is 4.73. The Labute approximate surface area is 101 Å². The molecule has 0 fully saturated rings. The van der Waals surface area contributed by atoms with Crippen molar-refractivity contribution < 1.29 is 31.1 Å². The summed E-state index contributed by atoms with van der Waals surface area (Å²) in [4.78, 5) is -0.614. The van der Waals surface area contributed by atoms with E-state index in [1.807, 2.05) is 0 Å². The van der Waals surface area contributed by atoms with Crippen molar-refractivity contribution >= 4 is 10.0 Å². The standard InChI is InChI=1S/C9H10F3NO4S/c1-16-6-3-2-4-7(8(6)18(13,14)15)17-5-9(10,11)12/h2-4H,5H2,1H3,(H2,13,14,15). The second-order valence-electron chi connectivity index (χ2n) is 3.24. The molecule has 0 unspecified atom stereocenters. The average Bonchev–Trinajstić information content (AvgIpc) is 2.23. The van der Waals surface area contributed by atoms with Crippen LogP contribution in [0.1, 0.15) is 0 Å². The first-order chi connectivity index (χ1) is 8.15. The van der Waals surface area contributed by atoms with E-state index in [1.165, 1.54) is 12.1 Å². The Balaban J connectivity index is 3.20. The van der Waals surface area contributed by atoms with Crippen LogP contribution >= 0.6 is 0 Å². The van der Waals surface area contributed by atoms with Gasteiger partial charge in [-0.05, 0) is 12.1 Å². The smallest absolute Gasteiger partial charge is 0.422 e. The molecule has 5 nitrogen and oxygen atoms in total. The van der Waals surface area contributed by atoms with Gasteiger partial charge in [-0.2, -0.15) is 13.2 Å². The third-order valence-corrected chi connectivity index (χ3v) is 2.81. The Hall–Kier alpha value is -1.48. The number of alkyl halides is 3. The number of methoxy groups -OCH3 is 1. The van der Waals surface area contributed by atoms with E-state index >= 15 is 0 Å². The largest absolute Gasteiger partial charge is 0.495 e. The van der Waals surface area contributed by atoms with Crippen LogP contribution in [0.5, 0.6) is 11.5 Å². The highest BCUT2D eigenvalue weighted by atomic mass is 32.2. The molecule has 1 aromatic carbocycles. The molecule has 0 atom stereocenters. The monoisotopic (exact) mass is 285 g/mol. The predicted octanol–water partition coefficient (Wildman–Crippen LogP) is 1.28. The van der Waals surface area contributed by atoms with Crippen LogP contribution < -0.4 is 14.6 Å². The van der Waals surface area contributed by atoms with Crippen LogP contribution in [0.4, 0.5) is 13.2 Å².